The molecule has 1 heterocycles. The fourth-order valence-electron chi connectivity index (χ4n) is 3.80. The average molecular weight is 418 g/mol. The molecule has 0 saturated carbocycles. The van der Waals surface area contributed by atoms with Crippen LogP contribution in [0.15, 0.2) is 78.9 Å². The minimum atomic E-state index is -1.01. The van der Waals surface area contributed by atoms with Crippen molar-refractivity contribution in [3.8, 4) is 11.5 Å². The van der Waals surface area contributed by atoms with E-state index < -0.39 is 5.97 Å². The highest BCUT2D eigenvalue weighted by Crippen LogP contribution is 2.40. The van der Waals surface area contributed by atoms with Crippen LogP contribution >= 0.6 is 0 Å². The summed E-state index contributed by atoms with van der Waals surface area (Å²) >= 11 is 0. The van der Waals surface area contributed by atoms with Crippen molar-refractivity contribution in [2.24, 2.45) is 0 Å². The number of benzene rings is 3. The minimum absolute atomic E-state index is 0.386. The van der Waals surface area contributed by atoms with E-state index in [2.05, 4.69) is 58.3 Å². The monoisotopic (exact) mass is 418 g/mol. The van der Waals surface area contributed by atoms with Crippen LogP contribution in [0.4, 0.5) is 17.1 Å². The Hall–Kier alpha value is -3.67. The standard InChI is InChI=1S/C25H26N2O4/c28-24(29)19-31-23-14-7-13-22-25(23)30-18-17-26(22)15-8-16-27(20-9-3-1-4-10-20)21-11-5-2-6-12-21/h1-7,9-14H,8,15-19H2,(H,28,29). The quantitative estimate of drug-likeness (QED) is 0.549. The highest BCUT2D eigenvalue weighted by molar-refractivity contribution is 5.70. The lowest BCUT2D eigenvalue weighted by Crippen LogP contribution is -2.35. The lowest BCUT2D eigenvalue weighted by molar-refractivity contribution is -0.139. The highest BCUT2D eigenvalue weighted by atomic mass is 16.5. The zero-order valence-electron chi connectivity index (χ0n) is 17.3. The van der Waals surface area contributed by atoms with Crippen LogP contribution in [-0.2, 0) is 4.79 Å². The minimum Gasteiger partial charge on any atom is -0.486 e. The number of hydrogen-bond donors (Lipinski definition) is 1. The van der Waals surface area contributed by atoms with E-state index in [0.29, 0.717) is 18.1 Å². The van der Waals surface area contributed by atoms with E-state index in [1.165, 1.54) is 11.4 Å². The molecule has 31 heavy (non-hydrogen) atoms. The maximum absolute atomic E-state index is 10.9. The summed E-state index contributed by atoms with van der Waals surface area (Å²) in [5.74, 6) is 0.0879. The molecule has 0 fully saturated rings. The SMILES string of the molecule is O=C(O)COc1cccc2c1OCCN2CCCN(c1ccccc1)c1ccccc1. The maximum atomic E-state index is 10.9. The molecule has 4 rings (SSSR count). The van der Waals surface area contributed by atoms with Gasteiger partial charge in [0.25, 0.3) is 0 Å². The molecule has 0 spiro atoms. The molecule has 0 aliphatic carbocycles. The van der Waals surface area contributed by atoms with Crippen molar-refractivity contribution in [3.05, 3.63) is 78.9 Å². The van der Waals surface area contributed by atoms with E-state index in [-0.39, 0.29) is 6.61 Å². The van der Waals surface area contributed by atoms with Crippen molar-refractivity contribution >= 4 is 23.0 Å². The molecule has 3 aromatic rings. The molecular weight excluding hydrogens is 392 g/mol. The Balaban J connectivity index is 1.46. The molecule has 0 bridgehead atoms. The summed E-state index contributed by atoms with van der Waals surface area (Å²) in [5.41, 5.74) is 3.28. The van der Waals surface area contributed by atoms with E-state index >= 15 is 0 Å². The van der Waals surface area contributed by atoms with Gasteiger partial charge in [0.1, 0.15) is 6.61 Å². The van der Waals surface area contributed by atoms with Gasteiger partial charge in [-0.2, -0.15) is 0 Å². The number of carboxylic acid groups (broad SMARTS) is 1. The predicted molar refractivity (Wildman–Crippen MR) is 122 cm³/mol. The molecule has 0 atom stereocenters. The number of carboxylic acids is 1. The second-order valence-electron chi connectivity index (χ2n) is 7.30. The smallest absolute Gasteiger partial charge is 0.341 e. The van der Waals surface area contributed by atoms with Gasteiger partial charge in [-0.25, -0.2) is 4.79 Å². The molecule has 0 radical (unpaired) electrons. The molecule has 0 aromatic heterocycles. The molecule has 0 unspecified atom stereocenters. The molecule has 0 saturated heterocycles. The van der Waals surface area contributed by atoms with Gasteiger partial charge in [0.05, 0.1) is 12.2 Å². The normalized spacial score (nSPS) is 12.6. The highest BCUT2D eigenvalue weighted by Gasteiger charge is 2.22. The number of hydrogen-bond acceptors (Lipinski definition) is 5. The zero-order chi connectivity index (χ0) is 21.5. The molecule has 3 aromatic carbocycles. The van der Waals surface area contributed by atoms with Crippen LogP contribution in [0.5, 0.6) is 11.5 Å². The van der Waals surface area contributed by atoms with Crippen molar-refractivity contribution in [1.82, 2.24) is 0 Å². The number of ether oxygens (including phenoxy) is 2. The summed E-state index contributed by atoms with van der Waals surface area (Å²) in [6.07, 6.45) is 0.948. The van der Waals surface area contributed by atoms with Gasteiger partial charge >= 0.3 is 5.97 Å². The molecular formula is C25H26N2O4. The van der Waals surface area contributed by atoms with Crippen LogP contribution in [0, 0.1) is 0 Å². The lowest BCUT2D eigenvalue weighted by Gasteiger charge is -2.33. The Bertz CT molecular complexity index is 955. The molecule has 6 heteroatoms. The fourth-order valence-corrected chi connectivity index (χ4v) is 3.80. The summed E-state index contributed by atoms with van der Waals surface area (Å²) in [6.45, 7) is 2.67. The van der Waals surface area contributed by atoms with Crippen LogP contribution in [-0.4, -0.2) is 43.9 Å². The van der Waals surface area contributed by atoms with Gasteiger partial charge in [-0.1, -0.05) is 42.5 Å². The number of nitrogens with zero attached hydrogens (tertiary/aromatic N) is 2. The Morgan fingerprint density at radius 1 is 0.968 bits per heavy atom. The van der Waals surface area contributed by atoms with E-state index in [1.807, 2.05) is 24.3 Å². The van der Waals surface area contributed by atoms with Gasteiger partial charge in [0.2, 0.25) is 0 Å². The van der Waals surface area contributed by atoms with Crippen molar-refractivity contribution in [2.45, 2.75) is 6.42 Å². The van der Waals surface area contributed by atoms with Crippen LogP contribution in [0.25, 0.3) is 0 Å². The largest absolute Gasteiger partial charge is 0.486 e. The third-order valence-electron chi connectivity index (χ3n) is 5.20. The second kappa shape index (κ2) is 9.89. The van der Waals surface area contributed by atoms with Crippen LogP contribution in [0.1, 0.15) is 6.42 Å². The fraction of sp³-hybridized carbons (Fsp3) is 0.240. The van der Waals surface area contributed by atoms with Gasteiger partial charge < -0.3 is 24.4 Å². The van der Waals surface area contributed by atoms with Gasteiger partial charge in [0, 0.05) is 24.5 Å². The molecule has 0 amide bonds. The van der Waals surface area contributed by atoms with E-state index in [0.717, 1.165) is 31.7 Å². The maximum Gasteiger partial charge on any atom is 0.341 e. The Kier molecular flexibility index (Phi) is 6.57. The first-order valence-corrected chi connectivity index (χ1v) is 10.5. The number of aliphatic carboxylic acids is 1. The van der Waals surface area contributed by atoms with E-state index in [4.69, 9.17) is 14.6 Å². The topological polar surface area (TPSA) is 62.2 Å². The van der Waals surface area contributed by atoms with Crippen molar-refractivity contribution in [1.29, 1.82) is 0 Å². The van der Waals surface area contributed by atoms with E-state index in [9.17, 15) is 4.79 Å². The zero-order valence-corrected chi connectivity index (χ0v) is 17.3. The summed E-state index contributed by atoms with van der Waals surface area (Å²) in [7, 11) is 0. The van der Waals surface area contributed by atoms with E-state index in [1.54, 1.807) is 6.07 Å². The Labute approximate surface area is 182 Å². The molecule has 1 N–H and O–H groups in total. The predicted octanol–water partition coefficient (Wildman–Crippen LogP) is 4.58. The summed E-state index contributed by atoms with van der Waals surface area (Å²) in [5, 5.41) is 8.91. The molecule has 160 valence electrons. The van der Waals surface area contributed by atoms with Crippen LogP contribution in [0.3, 0.4) is 0 Å². The van der Waals surface area contributed by atoms with Gasteiger partial charge in [0.15, 0.2) is 18.1 Å². The first-order chi connectivity index (χ1) is 15.2. The van der Waals surface area contributed by atoms with Crippen molar-refractivity contribution in [2.75, 3.05) is 42.6 Å². The molecule has 1 aliphatic rings. The lowest BCUT2D eigenvalue weighted by atomic mass is 10.2. The Morgan fingerprint density at radius 2 is 1.65 bits per heavy atom. The number of fused-ring (bicyclic) bond motifs is 1. The van der Waals surface area contributed by atoms with Gasteiger partial charge in [-0.15, -0.1) is 0 Å². The van der Waals surface area contributed by atoms with Gasteiger partial charge in [-0.3, -0.25) is 0 Å². The third-order valence-corrected chi connectivity index (χ3v) is 5.20. The van der Waals surface area contributed by atoms with Crippen LogP contribution < -0.4 is 19.3 Å². The first kappa shape index (κ1) is 20.6. The van der Waals surface area contributed by atoms with Crippen molar-refractivity contribution < 1.29 is 19.4 Å². The first-order valence-electron chi connectivity index (χ1n) is 10.5. The third kappa shape index (κ3) is 5.09. The second-order valence-corrected chi connectivity index (χ2v) is 7.30. The Morgan fingerprint density at radius 3 is 2.29 bits per heavy atom. The average Bonchev–Trinajstić information content (AvgIpc) is 2.81. The van der Waals surface area contributed by atoms with Crippen LogP contribution in [0.2, 0.25) is 0 Å². The summed E-state index contributed by atoms with van der Waals surface area (Å²) < 4.78 is 11.2. The number of para-hydroxylation sites is 3. The number of carbonyl (C=O) groups is 1. The number of anilines is 3. The summed E-state index contributed by atoms with van der Waals surface area (Å²) in [6, 6.07) is 26.4. The number of rotatable bonds is 9. The summed E-state index contributed by atoms with van der Waals surface area (Å²) in [4.78, 5) is 15.5. The molecule has 6 nitrogen and oxygen atoms in total. The van der Waals surface area contributed by atoms with Crippen molar-refractivity contribution in [3.63, 3.8) is 0 Å². The molecule has 1 aliphatic heterocycles. The van der Waals surface area contributed by atoms with Gasteiger partial charge in [-0.05, 0) is 42.8 Å².